The highest BCUT2D eigenvalue weighted by molar-refractivity contribution is 6.30. The van der Waals surface area contributed by atoms with Gasteiger partial charge in [-0.3, -0.25) is 0 Å². The zero-order valence-electron chi connectivity index (χ0n) is 11.2. The Morgan fingerprint density at radius 1 is 1.22 bits per heavy atom. The van der Waals surface area contributed by atoms with Crippen molar-refractivity contribution in [1.82, 2.24) is 4.90 Å². The molecular formula is C15H23ClN2. The molecule has 1 aromatic rings. The molecule has 3 heteroatoms. The van der Waals surface area contributed by atoms with Crippen molar-refractivity contribution in [2.75, 3.05) is 25.0 Å². The van der Waals surface area contributed by atoms with Crippen LogP contribution in [0.4, 0.5) is 5.69 Å². The molecule has 0 saturated carbocycles. The molecule has 1 aliphatic heterocycles. The molecule has 1 fully saturated rings. The molecule has 2 rings (SSSR count). The van der Waals surface area contributed by atoms with Gasteiger partial charge in [0.25, 0.3) is 0 Å². The lowest BCUT2D eigenvalue weighted by molar-refractivity contribution is 0.285. The van der Waals surface area contributed by atoms with Crippen molar-refractivity contribution in [3.05, 3.63) is 29.3 Å². The number of nitrogens with one attached hydrogen (secondary N) is 1. The smallest absolute Gasteiger partial charge is 0.0407 e. The van der Waals surface area contributed by atoms with Gasteiger partial charge >= 0.3 is 0 Å². The van der Waals surface area contributed by atoms with Gasteiger partial charge in [-0.25, -0.2) is 0 Å². The molecule has 1 aromatic carbocycles. The van der Waals surface area contributed by atoms with Crippen LogP contribution < -0.4 is 5.32 Å². The Balaban J connectivity index is 1.84. The van der Waals surface area contributed by atoms with Crippen LogP contribution in [0.2, 0.25) is 5.02 Å². The predicted octanol–water partition coefficient (Wildman–Crippen LogP) is 4.02. The van der Waals surface area contributed by atoms with Crippen molar-refractivity contribution >= 4 is 17.3 Å². The SMILES string of the molecule is CCCN1CCCC(Nc2ccc(Cl)cc2)CC1. The summed E-state index contributed by atoms with van der Waals surface area (Å²) < 4.78 is 0. The van der Waals surface area contributed by atoms with E-state index in [0.717, 1.165) is 5.02 Å². The molecule has 1 saturated heterocycles. The fourth-order valence-electron chi connectivity index (χ4n) is 2.62. The minimum Gasteiger partial charge on any atom is -0.382 e. The monoisotopic (exact) mass is 266 g/mol. The molecule has 1 unspecified atom stereocenters. The van der Waals surface area contributed by atoms with Crippen molar-refractivity contribution < 1.29 is 0 Å². The summed E-state index contributed by atoms with van der Waals surface area (Å²) in [6.45, 7) is 5.98. The number of benzene rings is 1. The van der Waals surface area contributed by atoms with E-state index in [0.29, 0.717) is 6.04 Å². The fraction of sp³-hybridized carbons (Fsp3) is 0.600. The lowest BCUT2D eigenvalue weighted by atomic mass is 10.1. The Labute approximate surface area is 115 Å². The van der Waals surface area contributed by atoms with Crippen LogP contribution in [0.3, 0.4) is 0 Å². The number of anilines is 1. The quantitative estimate of drug-likeness (QED) is 0.886. The minimum absolute atomic E-state index is 0.605. The van der Waals surface area contributed by atoms with Crippen LogP contribution >= 0.6 is 11.6 Å². The summed E-state index contributed by atoms with van der Waals surface area (Å²) in [4.78, 5) is 2.59. The number of hydrogen-bond donors (Lipinski definition) is 1. The van der Waals surface area contributed by atoms with Gasteiger partial charge in [-0.1, -0.05) is 18.5 Å². The van der Waals surface area contributed by atoms with Crippen LogP contribution in [-0.2, 0) is 0 Å². The molecule has 0 radical (unpaired) electrons. The van der Waals surface area contributed by atoms with Crippen molar-refractivity contribution in [2.45, 2.75) is 38.6 Å². The first kappa shape index (κ1) is 13.7. The van der Waals surface area contributed by atoms with Gasteiger partial charge in [0.05, 0.1) is 0 Å². The highest BCUT2D eigenvalue weighted by Gasteiger charge is 2.16. The zero-order chi connectivity index (χ0) is 12.8. The molecule has 0 aromatic heterocycles. The molecule has 0 aliphatic carbocycles. The van der Waals surface area contributed by atoms with E-state index >= 15 is 0 Å². The molecule has 2 nitrogen and oxygen atoms in total. The van der Waals surface area contributed by atoms with Gasteiger partial charge in [0.1, 0.15) is 0 Å². The van der Waals surface area contributed by atoms with Crippen molar-refractivity contribution in [3.8, 4) is 0 Å². The van der Waals surface area contributed by atoms with Crippen LogP contribution in [0.15, 0.2) is 24.3 Å². The molecule has 0 spiro atoms. The van der Waals surface area contributed by atoms with E-state index in [1.165, 1.54) is 51.0 Å². The van der Waals surface area contributed by atoms with Crippen LogP contribution in [0.1, 0.15) is 32.6 Å². The summed E-state index contributed by atoms with van der Waals surface area (Å²) in [6, 6.07) is 8.63. The summed E-state index contributed by atoms with van der Waals surface area (Å²) in [6.07, 6.45) is 5.06. The number of rotatable bonds is 4. The topological polar surface area (TPSA) is 15.3 Å². The second kappa shape index (κ2) is 7.01. The third-order valence-electron chi connectivity index (χ3n) is 3.58. The van der Waals surface area contributed by atoms with E-state index in [1.54, 1.807) is 0 Å². The summed E-state index contributed by atoms with van der Waals surface area (Å²) >= 11 is 5.90. The molecule has 1 N–H and O–H groups in total. The maximum Gasteiger partial charge on any atom is 0.0407 e. The normalized spacial score (nSPS) is 21.6. The molecular weight excluding hydrogens is 244 g/mol. The summed E-state index contributed by atoms with van der Waals surface area (Å²) in [7, 11) is 0. The van der Waals surface area contributed by atoms with E-state index in [-0.39, 0.29) is 0 Å². The van der Waals surface area contributed by atoms with Crippen LogP contribution in [-0.4, -0.2) is 30.6 Å². The number of hydrogen-bond acceptors (Lipinski definition) is 2. The van der Waals surface area contributed by atoms with E-state index < -0.39 is 0 Å². The second-order valence-electron chi connectivity index (χ2n) is 5.12. The Kier molecular flexibility index (Phi) is 5.33. The molecule has 100 valence electrons. The maximum atomic E-state index is 5.90. The third-order valence-corrected chi connectivity index (χ3v) is 3.83. The second-order valence-corrected chi connectivity index (χ2v) is 5.56. The maximum absolute atomic E-state index is 5.90. The summed E-state index contributed by atoms with van der Waals surface area (Å²) in [5.74, 6) is 0. The molecule has 1 atom stereocenters. The molecule has 18 heavy (non-hydrogen) atoms. The largest absolute Gasteiger partial charge is 0.382 e. The Morgan fingerprint density at radius 3 is 2.72 bits per heavy atom. The highest BCUT2D eigenvalue weighted by atomic mass is 35.5. The fourth-order valence-corrected chi connectivity index (χ4v) is 2.75. The average Bonchev–Trinajstić information content (AvgIpc) is 2.59. The van der Waals surface area contributed by atoms with Crippen LogP contribution in [0.5, 0.6) is 0 Å². The summed E-state index contributed by atoms with van der Waals surface area (Å²) in [5.41, 5.74) is 1.19. The first-order valence-electron chi connectivity index (χ1n) is 7.02. The van der Waals surface area contributed by atoms with Gasteiger partial charge in [-0.05, 0) is 63.0 Å². The Bertz CT molecular complexity index is 350. The minimum atomic E-state index is 0.605. The van der Waals surface area contributed by atoms with Crippen LogP contribution in [0.25, 0.3) is 0 Å². The zero-order valence-corrected chi connectivity index (χ0v) is 11.9. The van der Waals surface area contributed by atoms with E-state index in [9.17, 15) is 0 Å². The average molecular weight is 267 g/mol. The Morgan fingerprint density at radius 2 is 2.00 bits per heavy atom. The van der Waals surface area contributed by atoms with Crippen molar-refractivity contribution in [2.24, 2.45) is 0 Å². The van der Waals surface area contributed by atoms with E-state index in [2.05, 4.69) is 29.3 Å². The van der Waals surface area contributed by atoms with Crippen molar-refractivity contribution in [1.29, 1.82) is 0 Å². The van der Waals surface area contributed by atoms with Gasteiger partial charge in [0, 0.05) is 23.3 Å². The standard InChI is InChI=1S/C15H23ClN2/c1-2-10-18-11-3-4-14(9-12-18)17-15-7-5-13(16)6-8-15/h5-8,14,17H,2-4,9-12H2,1H3. The lowest BCUT2D eigenvalue weighted by Crippen LogP contribution is -2.27. The number of likely N-dealkylation sites (tertiary alicyclic amines) is 1. The summed E-state index contributed by atoms with van der Waals surface area (Å²) in [5, 5.41) is 4.43. The van der Waals surface area contributed by atoms with Crippen molar-refractivity contribution in [3.63, 3.8) is 0 Å². The molecule has 0 amide bonds. The van der Waals surface area contributed by atoms with E-state index in [4.69, 9.17) is 11.6 Å². The Hall–Kier alpha value is -0.730. The predicted molar refractivity (Wildman–Crippen MR) is 79.4 cm³/mol. The van der Waals surface area contributed by atoms with E-state index in [1.807, 2.05) is 12.1 Å². The number of nitrogens with zero attached hydrogens (tertiary/aromatic N) is 1. The van der Waals surface area contributed by atoms with Gasteiger partial charge in [-0.15, -0.1) is 0 Å². The number of halogens is 1. The van der Waals surface area contributed by atoms with Gasteiger partial charge < -0.3 is 10.2 Å². The van der Waals surface area contributed by atoms with Crippen LogP contribution in [0, 0.1) is 0 Å². The molecule has 1 heterocycles. The first-order chi connectivity index (χ1) is 8.78. The molecule has 1 aliphatic rings. The highest BCUT2D eigenvalue weighted by Crippen LogP contribution is 2.19. The first-order valence-corrected chi connectivity index (χ1v) is 7.40. The van der Waals surface area contributed by atoms with Gasteiger partial charge in [-0.2, -0.15) is 0 Å². The molecule has 0 bridgehead atoms. The third kappa shape index (κ3) is 4.18. The van der Waals surface area contributed by atoms with Gasteiger partial charge in [0.2, 0.25) is 0 Å². The van der Waals surface area contributed by atoms with Gasteiger partial charge in [0.15, 0.2) is 0 Å². The lowest BCUT2D eigenvalue weighted by Gasteiger charge is -2.20.